The van der Waals surface area contributed by atoms with Gasteiger partial charge in [0.15, 0.2) is 0 Å². The molecule has 2 heteroatoms. The van der Waals surface area contributed by atoms with Crippen LogP contribution < -0.4 is 11.5 Å². The second kappa shape index (κ2) is 5.17. The summed E-state index contributed by atoms with van der Waals surface area (Å²) in [5.41, 5.74) is 18.8. The third-order valence-corrected chi connectivity index (χ3v) is 5.03. The molecule has 2 nitrogen and oxygen atoms in total. The maximum atomic E-state index is 5.89. The Morgan fingerprint density at radius 2 is 0.957 bits per heavy atom. The highest BCUT2D eigenvalue weighted by Gasteiger charge is 2.40. The van der Waals surface area contributed by atoms with Gasteiger partial charge in [0.1, 0.15) is 0 Å². The van der Waals surface area contributed by atoms with Crippen molar-refractivity contribution in [3.05, 3.63) is 95.1 Å². The molecule has 4 N–H and O–H groups in total. The van der Waals surface area contributed by atoms with Crippen molar-refractivity contribution in [3.63, 3.8) is 0 Å². The molecule has 23 heavy (non-hydrogen) atoms. The van der Waals surface area contributed by atoms with Gasteiger partial charge in [0.05, 0.1) is 0 Å². The number of hydrogen-bond donors (Lipinski definition) is 2. The predicted octanol–water partition coefficient (Wildman–Crippen LogP) is 3.94. The van der Waals surface area contributed by atoms with Gasteiger partial charge in [-0.1, -0.05) is 48.5 Å². The molecule has 0 amide bonds. The van der Waals surface area contributed by atoms with Crippen molar-refractivity contribution in [2.24, 2.45) is 0 Å². The van der Waals surface area contributed by atoms with Gasteiger partial charge in [-0.3, -0.25) is 0 Å². The minimum atomic E-state index is -0.0366. The second-order valence-corrected chi connectivity index (χ2v) is 6.45. The topological polar surface area (TPSA) is 52.0 Å². The van der Waals surface area contributed by atoms with E-state index in [0.29, 0.717) is 0 Å². The third-order valence-electron chi connectivity index (χ3n) is 5.03. The molecule has 0 bridgehead atoms. The smallest absolute Gasteiger partial charge is 0.0314 e. The SMILES string of the molecule is Nc1ccc(C2(c3ccc(N)cc3)Cc3ccccc3C2)cc1. The lowest BCUT2D eigenvalue weighted by molar-refractivity contribution is 0.548. The van der Waals surface area contributed by atoms with Crippen LogP contribution in [0.4, 0.5) is 11.4 Å². The summed E-state index contributed by atoms with van der Waals surface area (Å²) in [6.07, 6.45) is 2.02. The number of hydrogen-bond acceptors (Lipinski definition) is 2. The van der Waals surface area contributed by atoms with Crippen LogP contribution in [0.1, 0.15) is 22.3 Å². The van der Waals surface area contributed by atoms with E-state index in [4.69, 9.17) is 11.5 Å². The molecular weight excluding hydrogens is 280 g/mol. The van der Waals surface area contributed by atoms with Gasteiger partial charge in [0.2, 0.25) is 0 Å². The van der Waals surface area contributed by atoms with E-state index in [0.717, 1.165) is 24.2 Å². The first-order valence-electron chi connectivity index (χ1n) is 7.96. The molecule has 0 fully saturated rings. The summed E-state index contributed by atoms with van der Waals surface area (Å²) < 4.78 is 0. The summed E-state index contributed by atoms with van der Waals surface area (Å²) in [6.45, 7) is 0. The summed E-state index contributed by atoms with van der Waals surface area (Å²) in [6, 6.07) is 25.4. The number of nitrogens with two attached hydrogens (primary N) is 2. The van der Waals surface area contributed by atoms with Gasteiger partial charge in [-0.25, -0.2) is 0 Å². The lowest BCUT2D eigenvalue weighted by Crippen LogP contribution is -2.28. The van der Waals surface area contributed by atoms with Gasteiger partial charge in [-0.15, -0.1) is 0 Å². The van der Waals surface area contributed by atoms with Crippen LogP contribution in [0, 0.1) is 0 Å². The molecule has 114 valence electrons. The van der Waals surface area contributed by atoms with Crippen LogP contribution in [-0.2, 0) is 18.3 Å². The standard InChI is InChI=1S/C21H20N2/c22-19-9-5-17(6-10-19)21(18-7-11-20(23)12-8-18)13-15-3-1-2-4-16(15)14-21/h1-12H,13-14,22-23H2. The van der Waals surface area contributed by atoms with Gasteiger partial charge in [0.25, 0.3) is 0 Å². The number of anilines is 2. The van der Waals surface area contributed by atoms with E-state index in [9.17, 15) is 0 Å². The Morgan fingerprint density at radius 3 is 1.35 bits per heavy atom. The molecule has 0 radical (unpaired) electrons. The van der Waals surface area contributed by atoms with Crippen molar-refractivity contribution in [2.45, 2.75) is 18.3 Å². The second-order valence-electron chi connectivity index (χ2n) is 6.45. The quantitative estimate of drug-likeness (QED) is 0.704. The highest BCUT2D eigenvalue weighted by atomic mass is 14.5. The normalized spacial score (nSPS) is 15.3. The number of nitrogen functional groups attached to an aromatic ring is 2. The third kappa shape index (κ3) is 2.27. The van der Waals surface area contributed by atoms with Crippen molar-refractivity contribution < 1.29 is 0 Å². The first-order valence-corrected chi connectivity index (χ1v) is 7.96. The van der Waals surface area contributed by atoms with Crippen LogP contribution in [0.2, 0.25) is 0 Å². The largest absolute Gasteiger partial charge is 0.399 e. The van der Waals surface area contributed by atoms with E-state index in [1.165, 1.54) is 22.3 Å². The average Bonchev–Trinajstić information content (AvgIpc) is 2.96. The van der Waals surface area contributed by atoms with E-state index >= 15 is 0 Å². The van der Waals surface area contributed by atoms with Crippen LogP contribution in [-0.4, -0.2) is 0 Å². The van der Waals surface area contributed by atoms with Crippen LogP contribution in [0.25, 0.3) is 0 Å². The Kier molecular flexibility index (Phi) is 3.12. The fourth-order valence-corrected chi connectivity index (χ4v) is 3.79. The van der Waals surface area contributed by atoms with Crippen molar-refractivity contribution >= 4 is 11.4 Å². The van der Waals surface area contributed by atoms with Gasteiger partial charge in [-0.2, -0.15) is 0 Å². The Morgan fingerprint density at radius 1 is 0.565 bits per heavy atom. The summed E-state index contributed by atoms with van der Waals surface area (Å²) in [5, 5.41) is 0. The monoisotopic (exact) mass is 300 g/mol. The highest BCUT2D eigenvalue weighted by Crippen LogP contribution is 2.45. The van der Waals surface area contributed by atoms with Crippen molar-refractivity contribution in [1.29, 1.82) is 0 Å². The minimum Gasteiger partial charge on any atom is -0.399 e. The lowest BCUT2D eigenvalue weighted by atomic mass is 9.72. The molecule has 4 rings (SSSR count). The molecule has 1 aliphatic carbocycles. The van der Waals surface area contributed by atoms with E-state index in [1.54, 1.807) is 0 Å². The minimum absolute atomic E-state index is 0.0366. The Balaban J connectivity index is 1.88. The van der Waals surface area contributed by atoms with Gasteiger partial charge in [-0.05, 0) is 59.4 Å². The molecular formula is C21H20N2. The van der Waals surface area contributed by atoms with Crippen molar-refractivity contribution in [1.82, 2.24) is 0 Å². The summed E-state index contributed by atoms with van der Waals surface area (Å²) in [7, 11) is 0. The Hall–Kier alpha value is -2.74. The first-order chi connectivity index (χ1) is 11.2. The number of fused-ring (bicyclic) bond motifs is 1. The molecule has 3 aromatic carbocycles. The molecule has 0 atom stereocenters. The van der Waals surface area contributed by atoms with Crippen molar-refractivity contribution in [3.8, 4) is 0 Å². The van der Waals surface area contributed by atoms with Crippen LogP contribution in [0.15, 0.2) is 72.8 Å². The van der Waals surface area contributed by atoms with Crippen LogP contribution >= 0.6 is 0 Å². The fraction of sp³-hybridized carbons (Fsp3) is 0.143. The molecule has 0 heterocycles. The zero-order valence-corrected chi connectivity index (χ0v) is 13.0. The highest BCUT2D eigenvalue weighted by molar-refractivity contribution is 5.54. The molecule has 0 saturated carbocycles. The van der Waals surface area contributed by atoms with Gasteiger partial charge >= 0.3 is 0 Å². The summed E-state index contributed by atoms with van der Waals surface area (Å²) in [5.74, 6) is 0. The Bertz CT molecular complexity index is 760. The number of rotatable bonds is 2. The average molecular weight is 300 g/mol. The zero-order chi connectivity index (χ0) is 15.9. The van der Waals surface area contributed by atoms with Gasteiger partial charge in [0, 0.05) is 16.8 Å². The van der Waals surface area contributed by atoms with Gasteiger partial charge < -0.3 is 11.5 Å². The molecule has 0 saturated heterocycles. The van der Waals surface area contributed by atoms with E-state index in [1.807, 2.05) is 24.3 Å². The fourth-order valence-electron chi connectivity index (χ4n) is 3.79. The Labute approximate surface area is 136 Å². The molecule has 0 aliphatic heterocycles. The lowest BCUT2D eigenvalue weighted by Gasteiger charge is -2.31. The molecule has 0 unspecified atom stereocenters. The summed E-state index contributed by atoms with van der Waals surface area (Å²) >= 11 is 0. The van der Waals surface area contributed by atoms with E-state index < -0.39 is 0 Å². The molecule has 3 aromatic rings. The first kappa shape index (κ1) is 13.9. The van der Waals surface area contributed by atoms with Crippen LogP contribution in [0.3, 0.4) is 0 Å². The summed E-state index contributed by atoms with van der Waals surface area (Å²) in [4.78, 5) is 0. The molecule has 0 aromatic heterocycles. The maximum Gasteiger partial charge on any atom is 0.0314 e. The maximum absolute atomic E-state index is 5.89. The molecule has 0 spiro atoms. The zero-order valence-electron chi connectivity index (χ0n) is 13.0. The number of benzene rings is 3. The van der Waals surface area contributed by atoms with Crippen LogP contribution in [0.5, 0.6) is 0 Å². The molecule has 1 aliphatic rings. The van der Waals surface area contributed by atoms with E-state index in [-0.39, 0.29) is 5.41 Å². The van der Waals surface area contributed by atoms with Crippen molar-refractivity contribution in [2.75, 3.05) is 11.5 Å². The predicted molar refractivity (Wildman–Crippen MR) is 96.3 cm³/mol. The van der Waals surface area contributed by atoms with E-state index in [2.05, 4.69) is 48.5 Å².